The zero-order valence-corrected chi connectivity index (χ0v) is 11.1. The molecule has 2 rings (SSSR count). The van der Waals surface area contributed by atoms with Gasteiger partial charge in [0.15, 0.2) is 0 Å². The number of nitrogens with one attached hydrogen (secondary N) is 2. The molecule has 1 aliphatic rings. The van der Waals surface area contributed by atoms with Crippen LogP contribution in [0, 0.1) is 0 Å². The third kappa shape index (κ3) is 3.68. The summed E-state index contributed by atoms with van der Waals surface area (Å²) in [6, 6.07) is 5.60. The molecule has 0 aliphatic carbocycles. The van der Waals surface area contributed by atoms with Crippen molar-refractivity contribution in [3.05, 3.63) is 29.3 Å². The molecule has 1 aliphatic heterocycles. The van der Waals surface area contributed by atoms with Crippen molar-refractivity contribution >= 4 is 5.97 Å². The molecule has 5 nitrogen and oxygen atoms in total. The van der Waals surface area contributed by atoms with E-state index in [2.05, 4.69) is 16.7 Å². The van der Waals surface area contributed by atoms with Crippen LogP contribution >= 0.6 is 0 Å². The summed E-state index contributed by atoms with van der Waals surface area (Å²) in [6.07, 6.45) is 2.11. The molecule has 1 heterocycles. The molecule has 5 heteroatoms. The van der Waals surface area contributed by atoms with E-state index in [-0.39, 0.29) is 0 Å². The maximum absolute atomic E-state index is 10.8. The van der Waals surface area contributed by atoms with Gasteiger partial charge in [-0.25, -0.2) is 0 Å². The van der Waals surface area contributed by atoms with Gasteiger partial charge in [0.25, 0.3) is 0 Å². The number of carboxylic acids is 1. The van der Waals surface area contributed by atoms with Crippen molar-refractivity contribution in [1.82, 2.24) is 10.6 Å². The number of fused-ring (bicyclic) bond motifs is 1. The van der Waals surface area contributed by atoms with Gasteiger partial charge in [-0.3, -0.25) is 4.79 Å². The number of aryl methyl sites for hydroxylation is 1. The second kappa shape index (κ2) is 6.54. The van der Waals surface area contributed by atoms with Gasteiger partial charge in [-0.1, -0.05) is 12.1 Å². The average Bonchev–Trinajstić information content (AvgIpc) is 2.43. The molecule has 1 atom stereocenters. The third-order valence-corrected chi connectivity index (χ3v) is 3.30. The summed E-state index contributed by atoms with van der Waals surface area (Å²) < 4.78 is 5.56. The van der Waals surface area contributed by atoms with Crippen LogP contribution in [-0.2, 0) is 17.8 Å². The van der Waals surface area contributed by atoms with E-state index in [1.165, 1.54) is 5.56 Å². The Bertz CT molecular complexity index is 448. The van der Waals surface area contributed by atoms with Gasteiger partial charge in [-0.15, -0.1) is 0 Å². The van der Waals surface area contributed by atoms with Gasteiger partial charge in [-0.05, 0) is 37.1 Å². The predicted molar refractivity (Wildman–Crippen MR) is 72.4 cm³/mol. The van der Waals surface area contributed by atoms with Crippen LogP contribution in [0.4, 0.5) is 0 Å². The molecule has 3 N–H and O–H groups in total. The Kier molecular flexibility index (Phi) is 4.76. The lowest BCUT2D eigenvalue weighted by molar-refractivity contribution is -0.139. The first-order valence-corrected chi connectivity index (χ1v) is 6.56. The minimum atomic E-state index is -0.839. The predicted octanol–water partition coefficient (Wildman–Crippen LogP) is 0.774. The summed E-state index contributed by atoms with van der Waals surface area (Å²) in [6.45, 7) is 1.87. The Balaban J connectivity index is 1.88. The molecule has 0 aromatic heterocycles. The highest BCUT2D eigenvalue weighted by Gasteiger charge is 2.14. The Morgan fingerprint density at radius 3 is 3.11 bits per heavy atom. The maximum atomic E-state index is 10.8. The van der Waals surface area contributed by atoms with Crippen molar-refractivity contribution in [3.63, 3.8) is 0 Å². The van der Waals surface area contributed by atoms with E-state index in [0.717, 1.165) is 30.8 Å². The number of likely N-dealkylation sites (N-methyl/N-ethyl adjacent to an activating group) is 1. The number of hydrogen-bond donors (Lipinski definition) is 3. The number of benzene rings is 1. The van der Waals surface area contributed by atoms with Gasteiger partial charge in [0.1, 0.15) is 11.8 Å². The molecule has 0 bridgehead atoms. The van der Waals surface area contributed by atoms with Crippen LogP contribution < -0.4 is 15.4 Å². The molecule has 0 fully saturated rings. The van der Waals surface area contributed by atoms with Gasteiger partial charge in [0, 0.05) is 13.1 Å². The third-order valence-electron chi connectivity index (χ3n) is 3.30. The van der Waals surface area contributed by atoms with Crippen LogP contribution in [-0.4, -0.2) is 37.3 Å². The second-order valence-corrected chi connectivity index (χ2v) is 4.70. The van der Waals surface area contributed by atoms with E-state index >= 15 is 0 Å². The first-order chi connectivity index (χ1) is 9.20. The van der Waals surface area contributed by atoms with Crippen molar-refractivity contribution in [1.29, 1.82) is 0 Å². The number of aliphatic carboxylic acids is 1. The lowest BCUT2D eigenvalue weighted by atomic mass is 10.0. The zero-order chi connectivity index (χ0) is 13.7. The van der Waals surface area contributed by atoms with Crippen LogP contribution in [0.5, 0.6) is 5.75 Å². The average molecular weight is 264 g/mol. The van der Waals surface area contributed by atoms with Crippen molar-refractivity contribution in [2.24, 2.45) is 0 Å². The lowest BCUT2D eigenvalue weighted by Crippen LogP contribution is -2.42. The minimum absolute atomic E-state index is 0.402. The fourth-order valence-corrected chi connectivity index (χ4v) is 2.20. The largest absolute Gasteiger partial charge is 0.493 e. The molecule has 1 aromatic carbocycles. The van der Waals surface area contributed by atoms with Gasteiger partial charge in [0.2, 0.25) is 0 Å². The first-order valence-electron chi connectivity index (χ1n) is 6.56. The molecule has 0 spiro atoms. The van der Waals surface area contributed by atoms with Crippen LogP contribution in [0.2, 0.25) is 0 Å². The minimum Gasteiger partial charge on any atom is -0.493 e. The van der Waals surface area contributed by atoms with E-state index in [9.17, 15) is 4.79 Å². The standard InChI is InChI=1S/C14H20N2O3/c1-15-12(14(17)18)9-16-8-10-4-5-13-11(7-10)3-2-6-19-13/h4-5,7,12,15-16H,2-3,6,8-9H2,1H3,(H,17,18). The molecule has 1 unspecified atom stereocenters. The summed E-state index contributed by atoms with van der Waals surface area (Å²) in [5.74, 6) is 0.141. The fraction of sp³-hybridized carbons (Fsp3) is 0.500. The Morgan fingerprint density at radius 2 is 2.37 bits per heavy atom. The van der Waals surface area contributed by atoms with Crippen molar-refractivity contribution < 1.29 is 14.6 Å². The molecule has 0 saturated heterocycles. The Labute approximate surface area is 113 Å². The monoisotopic (exact) mass is 264 g/mol. The molecule has 19 heavy (non-hydrogen) atoms. The number of rotatable bonds is 6. The highest BCUT2D eigenvalue weighted by Crippen LogP contribution is 2.25. The summed E-state index contributed by atoms with van der Waals surface area (Å²) in [4.78, 5) is 10.8. The van der Waals surface area contributed by atoms with Crippen molar-refractivity contribution in [3.8, 4) is 5.75 Å². The van der Waals surface area contributed by atoms with Crippen LogP contribution in [0.3, 0.4) is 0 Å². The van der Waals surface area contributed by atoms with Crippen LogP contribution in [0.15, 0.2) is 18.2 Å². The van der Waals surface area contributed by atoms with Gasteiger partial charge in [-0.2, -0.15) is 0 Å². The van der Waals surface area contributed by atoms with Crippen molar-refractivity contribution in [2.45, 2.75) is 25.4 Å². The topological polar surface area (TPSA) is 70.6 Å². The van der Waals surface area contributed by atoms with Gasteiger partial charge in [0.05, 0.1) is 6.61 Å². The summed E-state index contributed by atoms with van der Waals surface area (Å²) in [7, 11) is 1.65. The smallest absolute Gasteiger partial charge is 0.322 e. The Morgan fingerprint density at radius 1 is 1.53 bits per heavy atom. The van der Waals surface area contributed by atoms with Gasteiger partial charge < -0.3 is 20.5 Å². The molecule has 0 amide bonds. The first kappa shape index (κ1) is 13.8. The van der Waals surface area contributed by atoms with E-state index in [0.29, 0.717) is 13.1 Å². The SMILES string of the molecule is CNC(CNCc1ccc2c(c1)CCCO2)C(=O)O. The zero-order valence-electron chi connectivity index (χ0n) is 11.1. The summed E-state index contributed by atoms with van der Waals surface area (Å²) >= 11 is 0. The number of carbonyl (C=O) groups is 1. The second-order valence-electron chi connectivity index (χ2n) is 4.70. The molecule has 104 valence electrons. The number of ether oxygens (including phenoxy) is 1. The normalized spacial score (nSPS) is 15.4. The van der Waals surface area contributed by atoms with E-state index in [1.807, 2.05) is 12.1 Å². The summed E-state index contributed by atoms with van der Waals surface area (Å²) in [5, 5.41) is 14.8. The number of carboxylic acid groups (broad SMARTS) is 1. The maximum Gasteiger partial charge on any atom is 0.322 e. The molecular formula is C14H20N2O3. The molecule has 0 saturated carbocycles. The quantitative estimate of drug-likeness (QED) is 0.708. The highest BCUT2D eigenvalue weighted by molar-refractivity contribution is 5.73. The molecular weight excluding hydrogens is 244 g/mol. The van der Waals surface area contributed by atoms with Crippen molar-refractivity contribution in [2.75, 3.05) is 20.2 Å². The van der Waals surface area contributed by atoms with E-state index < -0.39 is 12.0 Å². The fourth-order valence-electron chi connectivity index (χ4n) is 2.20. The van der Waals surface area contributed by atoms with E-state index in [4.69, 9.17) is 9.84 Å². The Hall–Kier alpha value is -1.59. The number of hydrogen-bond acceptors (Lipinski definition) is 4. The highest BCUT2D eigenvalue weighted by atomic mass is 16.5. The summed E-state index contributed by atoms with van der Waals surface area (Å²) in [5.41, 5.74) is 2.40. The van der Waals surface area contributed by atoms with E-state index in [1.54, 1.807) is 7.05 Å². The molecule has 0 radical (unpaired) electrons. The van der Waals surface area contributed by atoms with Gasteiger partial charge >= 0.3 is 5.97 Å². The van der Waals surface area contributed by atoms with Crippen LogP contribution in [0.1, 0.15) is 17.5 Å². The molecule has 1 aromatic rings. The lowest BCUT2D eigenvalue weighted by Gasteiger charge is -2.18. The van der Waals surface area contributed by atoms with Crippen LogP contribution in [0.25, 0.3) is 0 Å².